The highest BCUT2D eigenvalue weighted by atomic mass is 32.2. The van der Waals surface area contributed by atoms with Gasteiger partial charge >= 0.3 is 5.97 Å². The van der Waals surface area contributed by atoms with E-state index in [0.29, 0.717) is 6.54 Å². The molecule has 16 heavy (non-hydrogen) atoms. The van der Waals surface area contributed by atoms with Crippen LogP contribution in [0.25, 0.3) is 0 Å². The Morgan fingerprint density at radius 2 is 2.31 bits per heavy atom. The first kappa shape index (κ1) is 13.3. The number of nitrogens with zero attached hydrogens (tertiary/aromatic N) is 1. The molecule has 1 saturated heterocycles. The maximum absolute atomic E-state index is 11.8. The second-order valence-corrected chi connectivity index (χ2v) is 4.98. The number of nitrogens with two attached hydrogens (primary N) is 1. The molecule has 0 aromatic heterocycles. The molecule has 6 heteroatoms. The lowest BCUT2D eigenvalue weighted by Crippen LogP contribution is -2.52. The molecule has 1 aliphatic rings. The van der Waals surface area contributed by atoms with E-state index in [4.69, 9.17) is 5.73 Å². The Balaban J connectivity index is 2.63. The predicted molar refractivity (Wildman–Crippen MR) is 63.1 cm³/mol. The van der Waals surface area contributed by atoms with E-state index in [9.17, 15) is 9.59 Å². The van der Waals surface area contributed by atoms with Gasteiger partial charge in [-0.05, 0) is 6.92 Å². The minimum atomic E-state index is -0.511. The number of hydrogen-bond donors (Lipinski definition) is 1. The fourth-order valence-corrected chi connectivity index (χ4v) is 2.71. The standard InChI is InChI=1S/C10H18N2O3S/c1-7(11)10(14)12-3-4-16-6-8(12)5-9(13)15-2/h7-8H,3-6,11H2,1-2H3. The Morgan fingerprint density at radius 1 is 1.62 bits per heavy atom. The monoisotopic (exact) mass is 246 g/mol. The Hall–Kier alpha value is -0.750. The highest BCUT2D eigenvalue weighted by Gasteiger charge is 2.30. The van der Waals surface area contributed by atoms with Crippen molar-refractivity contribution in [1.29, 1.82) is 0 Å². The Kier molecular flexibility index (Phi) is 5.08. The molecule has 92 valence electrons. The number of esters is 1. The van der Waals surface area contributed by atoms with Gasteiger partial charge in [-0.2, -0.15) is 11.8 Å². The van der Waals surface area contributed by atoms with Gasteiger partial charge in [-0.1, -0.05) is 0 Å². The Labute approximate surface area is 99.7 Å². The number of ether oxygens (including phenoxy) is 1. The average molecular weight is 246 g/mol. The van der Waals surface area contributed by atoms with Crippen molar-refractivity contribution in [1.82, 2.24) is 4.90 Å². The third-order valence-electron chi connectivity index (χ3n) is 2.53. The van der Waals surface area contributed by atoms with Crippen LogP contribution < -0.4 is 5.73 Å². The van der Waals surface area contributed by atoms with Crippen molar-refractivity contribution in [2.24, 2.45) is 5.73 Å². The molecule has 1 heterocycles. The number of thioether (sulfide) groups is 1. The topological polar surface area (TPSA) is 72.6 Å². The number of carbonyl (C=O) groups is 2. The van der Waals surface area contributed by atoms with Crippen LogP contribution in [0.15, 0.2) is 0 Å². The van der Waals surface area contributed by atoms with Crippen LogP contribution in [0.3, 0.4) is 0 Å². The summed E-state index contributed by atoms with van der Waals surface area (Å²) in [4.78, 5) is 24.7. The van der Waals surface area contributed by atoms with Gasteiger partial charge < -0.3 is 15.4 Å². The summed E-state index contributed by atoms with van der Waals surface area (Å²) in [6.45, 7) is 2.33. The van der Waals surface area contributed by atoms with E-state index >= 15 is 0 Å². The minimum Gasteiger partial charge on any atom is -0.469 e. The lowest BCUT2D eigenvalue weighted by molar-refractivity contribution is -0.143. The minimum absolute atomic E-state index is 0.0790. The van der Waals surface area contributed by atoms with Crippen LogP contribution in [0, 0.1) is 0 Å². The summed E-state index contributed by atoms with van der Waals surface area (Å²) in [5, 5.41) is 0. The SMILES string of the molecule is COC(=O)CC1CSCCN1C(=O)C(C)N. The first-order valence-electron chi connectivity index (χ1n) is 5.27. The van der Waals surface area contributed by atoms with E-state index in [2.05, 4.69) is 4.74 Å². The fraction of sp³-hybridized carbons (Fsp3) is 0.800. The molecule has 0 bridgehead atoms. The van der Waals surface area contributed by atoms with Gasteiger partial charge in [0.2, 0.25) is 5.91 Å². The Morgan fingerprint density at radius 3 is 2.88 bits per heavy atom. The average Bonchev–Trinajstić information content (AvgIpc) is 2.28. The molecular weight excluding hydrogens is 228 g/mol. The van der Waals surface area contributed by atoms with Gasteiger partial charge in [0.15, 0.2) is 0 Å². The summed E-state index contributed by atoms with van der Waals surface area (Å²) >= 11 is 1.75. The van der Waals surface area contributed by atoms with Crippen LogP contribution in [-0.2, 0) is 14.3 Å². The molecule has 5 nitrogen and oxygen atoms in total. The first-order chi connectivity index (χ1) is 7.56. The fourth-order valence-electron chi connectivity index (χ4n) is 1.65. The molecule has 2 unspecified atom stereocenters. The lowest BCUT2D eigenvalue weighted by Gasteiger charge is -2.35. The number of amides is 1. The highest BCUT2D eigenvalue weighted by Crippen LogP contribution is 2.19. The van der Waals surface area contributed by atoms with Crippen LogP contribution in [0.4, 0.5) is 0 Å². The summed E-state index contributed by atoms with van der Waals surface area (Å²) in [7, 11) is 1.36. The third kappa shape index (κ3) is 3.38. The van der Waals surface area contributed by atoms with Crippen molar-refractivity contribution in [2.45, 2.75) is 25.4 Å². The third-order valence-corrected chi connectivity index (χ3v) is 3.62. The summed E-state index contributed by atoms with van der Waals surface area (Å²) < 4.78 is 4.62. The maximum atomic E-state index is 11.8. The molecule has 0 aliphatic carbocycles. The number of rotatable bonds is 3. The second kappa shape index (κ2) is 6.10. The normalized spacial score (nSPS) is 22.7. The summed E-state index contributed by atoms with van der Waals surface area (Å²) in [6, 6.07) is -0.590. The van der Waals surface area contributed by atoms with Crippen molar-refractivity contribution < 1.29 is 14.3 Å². The lowest BCUT2D eigenvalue weighted by atomic mass is 10.1. The first-order valence-corrected chi connectivity index (χ1v) is 6.42. The van der Waals surface area contributed by atoms with E-state index in [1.807, 2.05) is 0 Å². The molecule has 0 radical (unpaired) electrons. The molecule has 1 fully saturated rings. The molecule has 2 atom stereocenters. The highest BCUT2D eigenvalue weighted by molar-refractivity contribution is 7.99. The van der Waals surface area contributed by atoms with Crippen molar-refractivity contribution in [3.63, 3.8) is 0 Å². The van der Waals surface area contributed by atoms with E-state index in [-0.39, 0.29) is 24.3 Å². The summed E-state index contributed by atoms with van der Waals surface area (Å²) in [6.07, 6.45) is 0.252. The largest absolute Gasteiger partial charge is 0.469 e. The molecule has 2 N–H and O–H groups in total. The van der Waals surface area contributed by atoms with Gasteiger partial charge in [0.1, 0.15) is 0 Å². The van der Waals surface area contributed by atoms with Crippen LogP contribution in [-0.4, -0.2) is 54.0 Å². The zero-order valence-electron chi connectivity index (χ0n) is 9.64. The van der Waals surface area contributed by atoms with Gasteiger partial charge in [-0.3, -0.25) is 9.59 Å². The quantitative estimate of drug-likeness (QED) is 0.701. The van der Waals surface area contributed by atoms with Crippen LogP contribution in [0.2, 0.25) is 0 Å². The van der Waals surface area contributed by atoms with E-state index in [1.165, 1.54) is 7.11 Å². The van der Waals surface area contributed by atoms with Crippen molar-refractivity contribution in [3.8, 4) is 0 Å². The predicted octanol–water partition coefficient (Wildman–Crippen LogP) is -0.159. The van der Waals surface area contributed by atoms with Gasteiger partial charge in [0.05, 0.1) is 25.6 Å². The number of carbonyl (C=O) groups excluding carboxylic acids is 2. The van der Waals surface area contributed by atoms with Crippen LogP contribution >= 0.6 is 11.8 Å². The number of methoxy groups -OCH3 is 1. The molecule has 0 aromatic rings. The summed E-state index contributed by atoms with van der Waals surface area (Å²) in [5.41, 5.74) is 5.58. The molecule has 1 rings (SSSR count). The zero-order chi connectivity index (χ0) is 12.1. The molecule has 0 saturated carbocycles. The van der Waals surface area contributed by atoms with Crippen molar-refractivity contribution in [2.75, 3.05) is 25.2 Å². The van der Waals surface area contributed by atoms with Gasteiger partial charge in [-0.15, -0.1) is 0 Å². The van der Waals surface area contributed by atoms with E-state index in [1.54, 1.807) is 23.6 Å². The zero-order valence-corrected chi connectivity index (χ0v) is 10.5. The maximum Gasteiger partial charge on any atom is 0.307 e. The van der Waals surface area contributed by atoms with E-state index in [0.717, 1.165) is 11.5 Å². The number of hydrogen-bond acceptors (Lipinski definition) is 5. The van der Waals surface area contributed by atoms with Crippen LogP contribution in [0.1, 0.15) is 13.3 Å². The Bertz CT molecular complexity index is 271. The molecule has 0 aromatic carbocycles. The molecule has 0 spiro atoms. The molecule has 1 aliphatic heterocycles. The van der Waals surface area contributed by atoms with Gasteiger partial charge in [-0.25, -0.2) is 0 Å². The smallest absolute Gasteiger partial charge is 0.307 e. The second-order valence-electron chi connectivity index (χ2n) is 3.83. The van der Waals surface area contributed by atoms with E-state index < -0.39 is 6.04 Å². The van der Waals surface area contributed by atoms with Gasteiger partial charge in [0.25, 0.3) is 0 Å². The molecule has 1 amide bonds. The van der Waals surface area contributed by atoms with Crippen LogP contribution in [0.5, 0.6) is 0 Å². The van der Waals surface area contributed by atoms with Crippen molar-refractivity contribution in [3.05, 3.63) is 0 Å². The molecular formula is C10H18N2O3S. The van der Waals surface area contributed by atoms with Gasteiger partial charge in [0, 0.05) is 18.1 Å². The summed E-state index contributed by atoms with van der Waals surface area (Å²) in [5.74, 6) is 1.30. The van der Waals surface area contributed by atoms with Crippen molar-refractivity contribution >= 4 is 23.6 Å².